The van der Waals surface area contributed by atoms with Crippen molar-refractivity contribution in [1.82, 2.24) is 14.9 Å². The Morgan fingerprint density at radius 3 is 2.21 bits per heavy atom. The molecule has 3 aromatic rings. The Balaban J connectivity index is 1.58. The maximum Gasteiger partial charge on any atom is 0.272 e. The highest BCUT2D eigenvalue weighted by molar-refractivity contribution is 5.92. The number of carbonyl (C=O) groups excluding carboxylic acids is 1. The van der Waals surface area contributed by atoms with Gasteiger partial charge in [0, 0.05) is 31.7 Å². The van der Waals surface area contributed by atoms with Crippen molar-refractivity contribution in [1.29, 1.82) is 0 Å². The number of hydrogen-bond donors (Lipinski definition) is 1. The highest BCUT2D eigenvalue weighted by Gasteiger charge is 2.14. The summed E-state index contributed by atoms with van der Waals surface area (Å²) in [4.78, 5) is 22.6. The molecule has 0 saturated carbocycles. The van der Waals surface area contributed by atoms with E-state index in [0.717, 1.165) is 23.4 Å². The summed E-state index contributed by atoms with van der Waals surface area (Å²) < 4.78 is 0. The third kappa shape index (κ3) is 5.64. The van der Waals surface area contributed by atoms with Crippen LogP contribution in [0.4, 0.5) is 11.4 Å². The van der Waals surface area contributed by atoms with Gasteiger partial charge in [0.2, 0.25) is 0 Å². The SMILES string of the molecule is CN(CCc1ccncc1)C(=O)c1ccc(Nc2ccc(C(C)(C)C)cc2)cn1. The summed E-state index contributed by atoms with van der Waals surface area (Å²) >= 11 is 0. The Bertz CT molecular complexity index is 929. The maximum absolute atomic E-state index is 12.6. The van der Waals surface area contributed by atoms with Crippen molar-refractivity contribution in [3.8, 4) is 0 Å². The van der Waals surface area contributed by atoms with E-state index in [1.54, 1.807) is 36.6 Å². The number of pyridine rings is 2. The number of amides is 1. The molecule has 1 N–H and O–H groups in total. The number of rotatable bonds is 6. The van der Waals surface area contributed by atoms with Crippen molar-refractivity contribution in [3.63, 3.8) is 0 Å². The van der Waals surface area contributed by atoms with Gasteiger partial charge in [-0.2, -0.15) is 0 Å². The Labute approximate surface area is 172 Å². The minimum absolute atomic E-state index is 0.0832. The number of aromatic nitrogens is 2. The second-order valence-corrected chi connectivity index (χ2v) is 8.22. The number of benzene rings is 1. The van der Waals surface area contributed by atoms with Crippen molar-refractivity contribution in [2.24, 2.45) is 0 Å². The Morgan fingerprint density at radius 1 is 0.966 bits per heavy atom. The van der Waals surface area contributed by atoms with Crippen LogP contribution >= 0.6 is 0 Å². The molecule has 0 aliphatic heterocycles. The van der Waals surface area contributed by atoms with Gasteiger partial charge in [-0.1, -0.05) is 32.9 Å². The molecule has 0 unspecified atom stereocenters. The average Bonchev–Trinajstić information content (AvgIpc) is 2.72. The molecule has 0 fully saturated rings. The van der Waals surface area contributed by atoms with Gasteiger partial charge in [0.05, 0.1) is 11.9 Å². The third-order valence-electron chi connectivity index (χ3n) is 4.85. The van der Waals surface area contributed by atoms with Crippen LogP contribution in [0.1, 0.15) is 42.4 Å². The quantitative estimate of drug-likeness (QED) is 0.657. The first-order valence-electron chi connectivity index (χ1n) is 9.81. The lowest BCUT2D eigenvalue weighted by atomic mass is 9.87. The van der Waals surface area contributed by atoms with Crippen LogP contribution in [-0.4, -0.2) is 34.4 Å². The summed E-state index contributed by atoms with van der Waals surface area (Å²) in [6.45, 7) is 7.22. The van der Waals surface area contributed by atoms with E-state index in [0.29, 0.717) is 12.2 Å². The molecule has 1 amide bonds. The van der Waals surface area contributed by atoms with E-state index in [4.69, 9.17) is 0 Å². The Morgan fingerprint density at radius 2 is 1.62 bits per heavy atom. The first kappa shape index (κ1) is 20.5. The standard InChI is InChI=1S/C24H28N4O/c1-24(2,3)19-5-7-20(8-6-19)27-21-9-10-22(26-17-21)23(29)28(4)16-13-18-11-14-25-15-12-18/h5-12,14-15,17,27H,13,16H2,1-4H3. The summed E-state index contributed by atoms with van der Waals surface area (Å²) in [6.07, 6.45) is 6.01. The van der Waals surface area contributed by atoms with Gasteiger partial charge in [0.25, 0.3) is 5.91 Å². The zero-order chi connectivity index (χ0) is 20.9. The molecule has 29 heavy (non-hydrogen) atoms. The normalized spacial score (nSPS) is 11.2. The first-order chi connectivity index (χ1) is 13.8. The van der Waals surface area contributed by atoms with Gasteiger partial charge in [0.1, 0.15) is 5.69 Å². The molecule has 150 valence electrons. The van der Waals surface area contributed by atoms with E-state index >= 15 is 0 Å². The van der Waals surface area contributed by atoms with Gasteiger partial charge < -0.3 is 10.2 Å². The number of hydrogen-bond acceptors (Lipinski definition) is 4. The zero-order valence-corrected chi connectivity index (χ0v) is 17.5. The minimum atomic E-state index is -0.0832. The molecule has 0 atom stereocenters. The van der Waals surface area contributed by atoms with Crippen molar-refractivity contribution >= 4 is 17.3 Å². The monoisotopic (exact) mass is 388 g/mol. The molecular formula is C24H28N4O. The van der Waals surface area contributed by atoms with Gasteiger partial charge in [0.15, 0.2) is 0 Å². The van der Waals surface area contributed by atoms with Crippen LogP contribution in [0.15, 0.2) is 67.1 Å². The lowest BCUT2D eigenvalue weighted by Gasteiger charge is -2.19. The molecule has 0 saturated heterocycles. The van der Waals surface area contributed by atoms with E-state index in [1.165, 1.54) is 5.56 Å². The fourth-order valence-corrected chi connectivity index (χ4v) is 2.96. The van der Waals surface area contributed by atoms with Gasteiger partial charge in [-0.05, 0) is 59.4 Å². The van der Waals surface area contributed by atoms with Crippen LogP contribution in [0.5, 0.6) is 0 Å². The molecule has 0 bridgehead atoms. The van der Waals surface area contributed by atoms with Crippen LogP contribution in [0.3, 0.4) is 0 Å². The summed E-state index contributed by atoms with van der Waals surface area (Å²) in [5.41, 5.74) is 4.86. The molecule has 2 heterocycles. The zero-order valence-electron chi connectivity index (χ0n) is 17.5. The summed E-state index contributed by atoms with van der Waals surface area (Å²) in [6, 6.07) is 16.0. The summed E-state index contributed by atoms with van der Waals surface area (Å²) in [5.74, 6) is -0.0832. The van der Waals surface area contributed by atoms with E-state index in [-0.39, 0.29) is 11.3 Å². The fourth-order valence-electron chi connectivity index (χ4n) is 2.96. The molecule has 2 aromatic heterocycles. The number of nitrogens with one attached hydrogen (secondary N) is 1. The predicted octanol–water partition coefficient (Wildman–Crippen LogP) is 4.83. The van der Waals surface area contributed by atoms with Crippen LogP contribution in [0.2, 0.25) is 0 Å². The van der Waals surface area contributed by atoms with Gasteiger partial charge in [-0.25, -0.2) is 4.98 Å². The first-order valence-corrected chi connectivity index (χ1v) is 9.81. The summed E-state index contributed by atoms with van der Waals surface area (Å²) in [7, 11) is 1.80. The summed E-state index contributed by atoms with van der Waals surface area (Å²) in [5, 5.41) is 3.33. The van der Waals surface area contributed by atoms with Gasteiger partial charge >= 0.3 is 0 Å². The van der Waals surface area contributed by atoms with Crippen molar-refractivity contribution in [3.05, 3.63) is 83.9 Å². The van der Waals surface area contributed by atoms with E-state index in [9.17, 15) is 4.79 Å². The molecule has 3 rings (SSSR count). The van der Waals surface area contributed by atoms with Crippen molar-refractivity contribution < 1.29 is 4.79 Å². The van der Waals surface area contributed by atoms with Gasteiger partial charge in [-0.3, -0.25) is 9.78 Å². The molecule has 0 aliphatic rings. The van der Waals surface area contributed by atoms with Crippen molar-refractivity contribution in [2.75, 3.05) is 18.9 Å². The van der Waals surface area contributed by atoms with Crippen LogP contribution in [-0.2, 0) is 11.8 Å². The Kier molecular flexibility index (Phi) is 6.27. The number of likely N-dealkylation sites (N-methyl/N-ethyl adjacent to an activating group) is 1. The highest BCUT2D eigenvalue weighted by Crippen LogP contribution is 2.24. The number of nitrogens with zero attached hydrogens (tertiary/aromatic N) is 3. The number of carbonyl (C=O) groups is 1. The van der Waals surface area contributed by atoms with Crippen molar-refractivity contribution in [2.45, 2.75) is 32.6 Å². The predicted molar refractivity (Wildman–Crippen MR) is 118 cm³/mol. The van der Waals surface area contributed by atoms with E-state index in [1.807, 2.05) is 18.2 Å². The largest absolute Gasteiger partial charge is 0.354 e. The van der Waals surface area contributed by atoms with Crippen LogP contribution in [0, 0.1) is 0 Å². The maximum atomic E-state index is 12.6. The molecule has 5 nitrogen and oxygen atoms in total. The van der Waals surface area contributed by atoms with Gasteiger partial charge in [-0.15, -0.1) is 0 Å². The second-order valence-electron chi connectivity index (χ2n) is 8.22. The lowest BCUT2D eigenvalue weighted by Crippen LogP contribution is -2.29. The van der Waals surface area contributed by atoms with E-state index in [2.05, 4.69) is 60.3 Å². The minimum Gasteiger partial charge on any atom is -0.354 e. The molecule has 0 spiro atoms. The smallest absolute Gasteiger partial charge is 0.272 e. The second kappa shape index (κ2) is 8.86. The van der Waals surface area contributed by atoms with Crippen LogP contribution in [0.25, 0.3) is 0 Å². The molecule has 1 aromatic carbocycles. The third-order valence-corrected chi connectivity index (χ3v) is 4.85. The molecule has 5 heteroatoms. The highest BCUT2D eigenvalue weighted by atomic mass is 16.2. The molecule has 0 radical (unpaired) electrons. The molecular weight excluding hydrogens is 360 g/mol. The Hall–Kier alpha value is -3.21. The molecule has 0 aliphatic carbocycles. The topological polar surface area (TPSA) is 58.1 Å². The van der Waals surface area contributed by atoms with E-state index < -0.39 is 0 Å². The lowest BCUT2D eigenvalue weighted by molar-refractivity contribution is 0.0791. The van der Waals surface area contributed by atoms with Crippen LogP contribution < -0.4 is 5.32 Å². The number of anilines is 2. The average molecular weight is 389 g/mol. The fraction of sp³-hybridized carbons (Fsp3) is 0.292.